The predicted molar refractivity (Wildman–Crippen MR) is 60.9 cm³/mol. The van der Waals surface area contributed by atoms with Crippen LogP contribution in [0.4, 0.5) is 18.0 Å². The summed E-state index contributed by atoms with van der Waals surface area (Å²) in [5, 5.41) is 9.03. The molecule has 0 bridgehead atoms. The number of hydrogen-bond donors (Lipinski definition) is 1. The molecule has 0 spiro atoms. The number of nitrogens with zero attached hydrogens (tertiary/aromatic N) is 1. The zero-order valence-corrected chi connectivity index (χ0v) is 11.3. The molecule has 0 aromatic heterocycles. The molecule has 1 saturated heterocycles. The summed E-state index contributed by atoms with van der Waals surface area (Å²) in [5.74, 6) is -3.77. The largest absolute Gasteiger partial charge is 0.480 e. The van der Waals surface area contributed by atoms with Gasteiger partial charge in [-0.25, -0.2) is 9.59 Å². The Bertz CT molecular complexity index is 443. The lowest BCUT2D eigenvalue weighted by molar-refractivity contribution is -0.162. The van der Waals surface area contributed by atoms with Crippen molar-refractivity contribution >= 4 is 12.1 Å². The number of halogens is 3. The molecule has 2 aliphatic rings. The van der Waals surface area contributed by atoms with Crippen LogP contribution in [0.5, 0.6) is 0 Å². The molecule has 4 atom stereocenters. The van der Waals surface area contributed by atoms with Gasteiger partial charge in [-0.3, -0.25) is 4.90 Å². The van der Waals surface area contributed by atoms with Gasteiger partial charge in [0.05, 0.1) is 12.0 Å². The Hall–Kier alpha value is -1.47. The second-order valence-corrected chi connectivity index (χ2v) is 6.20. The van der Waals surface area contributed by atoms with Crippen LogP contribution in [0, 0.1) is 11.8 Å². The van der Waals surface area contributed by atoms with Crippen LogP contribution in [0.25, 0.3) is 0 Å². The Labute approximate surface area is 113 Å². The molecule has 2 rings (SSSR count). The third-order valence-corrected chi connectivity index (χ3v) is 3.55. The number of amides is 1. The second kappa shape index (κ2) is 4.26. The number of carboxylic acids is 1. The van der Waals surface area contributed by atoms with Gasteiger partial charge in [0, 0.05) is 0 Å². The van der Waals surface area contributed by atoms with Crippen LogP contribution in [0.15, 0.2) is 0 Å². The minimum Gasteiger partial charge on any atom is -0.480 e. The first kappa shape index (κ1) is 14.9. The highest BCUT2D eigenvalue weighted by Gasteiger charge is 2.73. The van der Waals surface area contributed by atoms with E-state index < -0.39 is 47.8 Å². The van der Waals surface area contributed by atoms with Gasteiger partial charge >= 0.3 is 18.2 Å². The minimum absolute atomic E-state index is 0.177. The summed E-state index contributed by atoms with van der Waals surface area (Å²) < 4.78 is 43.2. The summed E-state index contributed by atoms with van der Waals surface area (Å²) in [6.45, 7) is 4.72. The first-order valence-corrected chi connectivity index (χ1v) is 6.24. The Morgan fingerprint density at radius 2 is 1.80 bits per heavy atom. The zero-order chi connectivity index (χ0) is 15.5. The van der Waals surface area contributed by atoms with Crippen LogP contribution in [0.3, 0.4) is 0 Å². The fourth-order valence-electron chi connectivity index (χ4n) is 2.82. The number of carboxylic acid groups (broad SMARTS) is 1. The lowest BCUT2D eigenvalue weighted by atomic mass is 10.1. The highest BCUT2D eigenvalue weighted by Crippen LogP contribution is 2.60. The number of ether oxygens (including phenoxy) is 1. The number of alkyl halides is 3. The molecule has 2 fully saturated rings. The maximum atomic E-state index is 12.7. The number of fused-ring (bicyclic) bond motifs is 1. The molecule has 1 N–H and O–H groups in total. The standard InChI is InChI=1S/C12H16F3NO4/c1-11(2,3)20-10(19)16-6(9(17)18)4-5-7(8(5)16)12(13,14)15/h5-8H,4H2,1-3H3,(H,17,18). The van der Waals surface area contributed by atoms with Gasteiger partial charge in [0.25, 0.3) is 0 Å². The van der Waals surface area contributed by atoms with Gasteiger partial charge in [0.2, 0.25) is 0 Å². The molecule has 8 heteroatoms. The van der Waals surface area contributed by atoms with Gasteiger partial charge in [-0.05, 0) is 33.1 Å². The normalized spacial score (nSPS) is 32.8. The third-order valence-electron chi connectivity index (χ3n) is 3.55. The molecule has 1 heterocycles. The molecule has 0 aromatic rings. The molecular formula is C12H16F3NO4. The number of aliphatic carboxylic acids is 1. The van der Waals surface area contributed by atoms with Crippen molar-refractivity contribution in [1.82, 2.24) is 4.90 Å². The van der Waals surface area contributed by atoms with Crippen LogP contribution in [0.1, 0.15) is 27.2 Å². The molecule has 0 aromatic carbocycles. The van der Waals surface area contributed by atoms with Crippen LogP contribution in [-0.2, 0) is 9.53 Å². The molecule has 1 aliphatic carbocycles. The third kappa shape index (κ3) is 2.55. The monoisotopic (exact) mass is 295 g/mol. The van der Waals surface area contributed by atoms with E-state index >= 15 is 0 Å². The van der Waals surface area contributed by atoms with Crippen molar-refractivity contribution in [2.75, 3.05) is 0 Å². The van der Waals surface area contributed by atoms with E-state index in [9.17, 15) is 22.8 Å². The number of rotatable bonds is 1. The first-order valence-electron chi connectivity index (χ1n) is 6.24. The molecule has 1 saturated carbocycles. The van der Waals surface area contributed by atoms with E-state index in [0.717, 1.165) is 4.90 Å². The quantitative estimate of drug-likeness (QED) is 0.805. The molecular weight excluding hydrogens is 279 g/mol. The fourth-order valence-corrected chi connectivity index (χ4v) is 2.82. The Balaban J connectivity index is 2.18. The lowest BCUT2D eigenvalue weighted by Gasteiger charge is -2.29. The van der Waals surface area contributed by atoms with Crippen molar-refractivity contribution in [3.05, 3.63) is 0 Å². The number of carbonyl (C=O) groups is 2. The van der Waals surface area contributed by atoms with Crippen LogP contribution < -0.4 is 0 Å². The van der Waals surface area contributed by atoms with Crippen molar-refractivity contribution < 1.29 is 32.6 Å². The number of hydrogen-bond acceptors (Lipinski definition) is 3. The SMILES string of the molecule is CC(C)(C)OC(=O)N1C(C(=O)O)CC2C1C2C(F)(F)F. The molecule has 114 valence electrons. The van der Waals surface area contributed by atoms with Crippen LogP contribution in [-0.4, -0.2) is 45.9 Å². The van der Waals surface area contributed by atoms with Crippen LogP contribution in [0.2, 0.25) is 0 Å². The van der Waals surface area contributed by atoms with E-state index in [1.54, 1.807) is 20.8 Å². The summed E-state index contributed by atoms with van der Waals surface area (Å²) in [7, 11) is 0. The highest BCUT2D eigenvalue weighted by molar-refractivity contribution is 5.82. The van der Waals surface area contributed by atoms with E-state index in [1.165, 1.54) is 0 Å². The van der Waals surface area contributed by atoms with Gasteiger partial charge in [-0.2, -0.15) is 13.2 Å². The van der Waals surface area contributed by atoms with Crippen molar-refractivity contribution in [2.24, 2.45) is 11.8 Å². The summed E-state index contributed by atoms with van der Waals surface area (Å²) >= 11 is 0. The highest BCUT2D eigenvalue weighted by atomic mass is 19.4. The summed E-state index contributed by atoms with van der Waals surface area (Å²) in [6.07, 6.45) is -5.59. The van der Waals surface area contributed by atoms with E-state index in [-0.39, 0.29) is 6.42 Å². The van der Waals surface area contributed by atoms with E-state index in [0.29, 0.717) is 0 Å². The van der Waals surface area contributed by atoms with E-state index in [1.807, 2.05) is 0 Å². The van der Waals surface area contributed by atoms with Crippen molar-refractivity contribution in [3.8, 4) is 0 Å². The fraction of sp³-hybridized carbons (Fsp3) is 0.833. The smallest absolute Gasteiger partial charge is 0.411 e. The summed E-state index contributed by atoms with van der Waals surface area (Å²) in [6, 6.07) is -2.34. The van der Waals surface area contributed by atoms with E-state index in [2.05, 4.69) is 0 Å². The molecule has 0 radical (unpaired) electrons. The van der Waals surface area contributed by atoms with Gasteiger partial charge in [-0.1, -0.05) is 0 Å². The summed E-state index contributed by atoms with van der Waals surface area (Å²) in [5.41, 5.74) is -0.888. The lowest BCUT2D eigenvalue weighted by Crippen LogP contribution is -2.47. The van der Waals surface area contributed by atoms with E-state index in [4.69, 9.17) is 9.84 Å². The molecule has 5 nitrogen and oxygen atoms in total. The maximum Gasteiger partial charge on any atom is 0.411 e. The van der Waals surface area contributed by atoms with Crippen molar-refractivity contribution in [2.45, 2.75) is 51.1 Å². The number of carbonyl (C=O) groups excluding carboxylic acids is 1. The number of likely N-dealkylation sites (tertiary alicyclic amines) is 1. The molecule has 1 amide bonds. The number of piperidine rings is 1. The second-order valence-electron chi connectivity index (χ2n) is 6.20. The van der Waals surface area contributed by atoms with Gasteiger partial charge in [0.1, 0.15) is 11.6 Å². The van der Waals surface area contributed by atoms with Gasteiger partial charge in [0.15, 0.2) is 0 Å². The van der Waals surface area contributed by atoms with Gasteiger partial charge < -0.3 is 9.84 Å². The van der Waals surface area contributed by atoms with Gasteiger partial charge in [-0.15, -0.1) is 0 Å². The molecule has 4 unspecified atom stereocenters. The first-order chi connectivity index (χ1) is 8.93. The Morgan fingerprint density at radius 1 is 1.25 bits per heavy atom. The Morgan fingerprint density at radius 3 is 2.20 bits per heavy atom. The van der Waals surface area contributed by atoms with Crippen molar-refractivity contribution in [1.29, 1.82) is 0 Å². The molecule has 20 heavy (non-hydrogen) atoms. The Kier molecular flexibility index (Phi) is 3.18. The molecule has 1 aliphatic heterocycles. The maximum absolute atomic E-state index is 12.7. The van der Waals surface area contributed by atoms with Crippen LogP contribution >= 0.6 is 0 Å². The topological polar surface area (TPSA) is 66.8 Å². The minimum atomic E-state index is -4.42. The van der Waals surface area contributed by atoms with Crippen molar-refractivity contribution in [3.63, 3.8) is 0 Å². The summed E-state index contributed by atoms with van der Waals surface area (Å²) in [4.78, 5) is 23.8. The predicted octanol–water partition coefficient (Wildman–Crippen LogP) is 2.26. The zero-order valence-electron chi connectivity index (χ0n) is 11.3. The average Bonchev–Trinajstić information content (AvgIpc) is 2.77. The average molecular weight is 295 g/mol.